The molecule has 0 unspecified atom stereocenters. The van der Waals surface area contributed by atoms with Crippen LogP contribution in [0.5, 0.6) is 5.75 Å². The summed E-state index contributed by atoms with van der Waals surface area (Å²) in [4.78, 5) is 11.4. The third-order valence-corrected chi connectivity index (χ3v) is 4.11. The van der Waals surface area contributed by atoms with Crippen LogP contribution in [-0.2, 0) is 10.0 Å². The van der Waals surface area contributed by atoms with Gasteiger partial charge in [0.1, 0.15) is 4.90 Å². The highest BCUT2D eigenvalue weighted by atomic mass is 32.2. The van der Waals surface area contributed by atoms with E-state index in [1.54, 1.807) is 0 Å². The first-order chi connectivity index (χ1) is 9.16. The number of methoxy groups -OCH3 is 1. The number of carbonyl (C=O) groups is 1. The number of hydrogen-bond acceptors (Lipinski definition) is 4. The number of primary sulfonamides is 1. The second-order valence-electron chi connectivity index (χ2n) is 5.05. The summed E-state index contributed by atoms with van der Waals surface area (Å²) < 4.78 is 41.4. The number of hydrogen-bond donors (Lipinski definition) is 2. The smallest absolute Gasteiger partial charge is 0.251 e. The molecule has 0 atom stereocenters. The van der Waals surface area contributed by atoms with Gasteiger partial charge < -0.3 is 10.1 Å². The Morgan fingerprint density at radius 2 is 2.05 bits per heavy atom. The summed E-state index contributed by atoms with van der Waals surface area (Å²) >= 11 is 0. The molecule has 0 radical (unpaired) electrons. The van der Waals surface area contributed by atoms with Crippen molar-refractivity contribution in [2.75, 3.05) is 7.11 Å². The first kappa shape index (κ1) is 14.7. The van der Waals surface area contributed by atoms with Crippen molar-refractivity contribution in [3.05, 3.63) is 23.5 Å². The number of benzene rings is 1. The number of halogens is 1. The third kappa shape index (κ3) is 2.91. The summed E-state index contributed by atoms with van der Waals surface area (Å²) in [7, 11) is -3.07. The Kier molecular flexibility index (Phi) is 3.47. The van der Waals surface area contributed by atoms with E-state index in [4.69, 9.17) is 5.14 Å². The minimum absolute atomic E-state index is 0.111. The monoisotopic (exact) mass is 302 g/mol. The summed E-state index contributed by atoms with van der Waals surface area (Å²) in [5, 5.41) is 7.71. The van der Waals surface area contributed by atoms with E-state index in [0.29, 0.717) is 0 Å². The van der Waals surface area contributed by atoms with Crippen LogP contribution in [0.2, 0.25) is 0 Å². The van der Waals surface area contributed by atoms with E-state index in [0.717, 1.165) is 32.1 Å². The van der Waals surface area contributed by atoms with Gasteiger partial charge in [-0.25, -0.2) is 17.9 Å². The molecule has 0 heterocycles. The van der Waals surface area contributed by atoms with Crippen LogP contribution in [0.1, 0.15) is 30.1 Å². The quantitative estimate of drug-likeness (QED) is 0.858. The lowest BCUT2D eigenvalue weighted by atomic mass is 10.1. The number of rotatable bonds is 4. The summed E-state index contributed by atoms with van der Waals surface area (Å²) in [6.07, 6.45) is 1.67. The van der Waals surface area contributed by atoms with E-state index in [1.807, 2.05) is 6.92 Å². The van der Waals surface area contributed by atoms with Crippen molar-refractivity contribution in [2.45, 2.75) is 30.2 Å². The highest BCUT2D eigenvalue weighted by molar-refractivity contribution is 7.89. The Hall–Kier alpha value is -1.67. The second-order valence-corrected chi connectivity index (χ2v) is 6.58. The van der Waals surface area contributed by atoms with E-state index < -0.39 is 32.4 Å². The van der Waals surface area contributed by atoms with Gasteiger partial charge in [0, 0.05) is 11.1 Å². The lowest BCUT2D eigenvalue weighted by molar-refractivity contribution is 0.0934. The van der Waals surface area contributed by atoms with Crippen LogP contribution in [0.4, 0.5) is 4.39 Å². The van der Waals surface area contributed by atoms with Crippen LogP contribution in [-0.4, -0.2) is 27.0 Å². The number of carbonyl (C=O) groups excluding carboxylic acids is 1. The van der Waals surface area contributed by atoms with Gasteiger partial charge in [-0.2, -0.15) is 0 Å². The summed E-state index contributed by atoms with van der Waals surface area (Å²) in [5.41, 5.74) is -0.407. The zero-order valence-corrected chi connectivity index (χ0v) is 11.9. The number of amides is 1. The first-order valence-corrected chi connectivity index (χ1v) is 7.44. The molecule has 1 saturated carbocycles. The molecular formula is C12H15FN2O4S. The SMILES string of the molecule is COc1c(F)cc(C(=O)NC2(C)CC2)cc1S(N)(=O)=O. The normalized spacial score (nSPS) is 16.6. The van der Waals surface area contributed by atoms with E-state index in [-0.39, 0.29) is 11.1 Å². The lowest BCUT2D eigenvalue weighted by Gasteiger charge is -2.13. The molecule has 1 fully saturated rings. The molecule has 3 N–H and O–H groups in total. The van der Waals surface area contributed by atoms with Gasteiger partial charge in [0.25, 0.3) is 5.91 Å². The average Bonchev–Trinajstić information content (AvgIpc) is 3.04. The number of nitrogens with one attached hydrogen (secondary N) is 1. The Balaban J connectivity index is 2.45. The zero-order valence-electron chi connectivity index (χ0n) is 11.1. The molecule has 6 nitrogen and oxygen atoms in total. The minimum atomic E-state index is -4.20. The summed E-state index contributed by atoms with van der Waals surface area (Å²) in [6, 6.07) is 1.94. The topological polar surface area (TPSA) is 98.5 Å². The molecule has 1 aromatic rings. The van der Waals surface area contributed by atoms with Crippen molar-refractivity contribution in [3.8, 4) is 5.75 Å². The molecule has 0 bridgehead atoms. The molecule has 0 spiro atoms. The third-order valence-electron chi connectivity index (χ3n) is 3.20. The fourth-order valence-electron chi connectivity index (χ4n) is 1.77. The number of sulfonamides is 1. The summed E-state index contributed by atoms with van der Waals surface area (Å²) in [6.45, 7) is 1.85. The highest BCUT2D eigenvalue weighted by Gasteiger charge is 2.39. The molecule has 8 heteroatoms. The predicted molar refractivity (Wildman–Crippen MR) is 69.4 cm³/mol. The number of ether oxygens (including phenoxy) is 1. The van der Waals surface area contributed by atoms with Crippen molar-refractivity contribution in [1.29, 1.82) is 0 Å². The standard InChI is InChI=1S/C12H15FN2O4S/c1-12(3-4-12)15-11(16)7-5-8(13)10(19-2)9(6-7)20(14,17)18/h5-6H,3-4H2,1-2H3,(H,15,16)(H2,14,17,18). The van der Waals surface area contributed by atoms with Crippen LogP contribution >= 0.6 is 0 Å². The van der Waals surface area contributed by atoms with Gasteiger partial charge in [-0.1, -0.05) is 0 Å². The molecule has 1 aliphatic carbocycles. The van der Waals surface area contributed by atoms with Crippen molar-refractivity contribution >= 4 is 15.9 Å². The van der Waals surface area contributed by atoms with E-state index >= 15 is 0 Å². The Morgan fingerprint density at radius 1 is 1.45 bits per heavy atom. The van der Waals surface area contributed by atoms with Crippen molar-refractivity contribution < 1.29 is 22.3 Å². The molecule has 110 valence electrons. The van der Waals surface area contributed by atoms with Gasteiger partial charge >= 0.3 is 0 Å². The van der Waals surface area contributed by atoms with Gasteiger partial charge in [-0.05, 0) is 31.9 Å². The number of nitrogens with two attached hydrogens (primary N) is 1. The first-order valence-electron chi connectivity index (χ1n) is 5.89. The maximum atomic E-state index is 13.8. The molecule has 0 saturated heterocycles. The van der Waals surface area contributed by atoms with Crippen LogP contribution in [0, 0.1) is 5.82 Å². The Bertz CT molecular complexity index is 668. The van der Waals surface area contributed by atoms with Crippen molar-refractivity contribution in [1.82, 2.24) is 5.32 Å². The van der Waals surface area contributed by atoms with Crippen LogP contribution in [0.25, 0.3) is 0 Å². The second kappa shape index (κ2) is 4.71. The summed E-state index contributed by atoms with van der Waals surface area (Å²) in [5.74, 6) is -2.00. The maximum Gasteiger partial charge on any atom is 0.251 e. The Morgan fingerprint density at radius 3 is 2.50 bits per heavy atom. The van der Waals surface area contributed by atoms with Crippen LogP contribution in [0.15, 0.2) is 17.0 Å². The molecule has 2 rings (SSSR count). The van der Waals surface area contributed by atoms with Gasteiger partial charge in [-0.15, -0.1) is 0 Å². The largest absolute Gasteiger partial charge is 0.492 e. The molecular weight excluding hydrogens is 287 g/mol. The average molecular weight is 302 g/mol. The predicted octanol–water partition coefficient (Wildman–Crippen LogP) is 0.764. The van der Waals surface area contributed by atoms with Gasteiger partial charge in [0.05, 0.1) is 7.11 Å². The fraction of sp³-hybridized carbons (Fsp3) is 0.417. The van der Waals surface area contributed by atoms with E-state index in [9.17, 15) is 17.6 Å². The van der Waals surface area contributed by atoms with Gasteiger partial charge in [0.2, 0.25) is 10.0 Å². The zero-order chi connectivity index (χ0) is 15.1. The lowest BCUT2D eigenvalue weighted by Crippen LogP contribution is -2.34. The van der Waals surface area contributed by atoms with Crippen molar-refractivity contribution in [2.24, 2.45) is 5.14 Å². The molecule has 0 aliphatic heterocycles. The maximum absolute atomic E-state index is 13.8. The van der Waals surface area contributed by atoms with E-state index in [1.165, 1.54) is 0 Å². The van der Waals surface area contributed by atoms with E-state index in [2.05, 4.69) is 10.1 Å². The molecule has 20 heavy (non-hydrogen) atoms. The molecule has 1 aliphatic rings. The van der Waals surface area contributed by atoms with Gasteiger partial charge in [0.15, 0.2) is 11.6 Å². The van der Waals surface area contributed by atoms with Crippen molar-refractivity contribution in [3.63, 3.8) is 0 Å². The van der Waals surface area contributed by atoms with Crippen LogP contribution in [0.3, 0.4) is 0 Å². The highest BCUT2D eigenvalue weighted by Crippen LogP contribution is 2.35. The molecule has 0 aromatic heterocycles. The van der Waals surface area contributed by atoms with Gasteiger partial charge in [-0.3, -0.25) is 4.79 Å². The molecule has 1 amide bonds. The fourth-order valence-corrected chi connectivity index (χ4v) is 2.50. The van der Waals surface area contributed by atoms with Crippen LogP contribution < -0.4 is 15.2 Å². The Labute approximate surface area is 116 Å². The minimum Gasteiger partial charge on any atom is -0.492 e. The molecule has 1 aromatic carbocycles.